The van der Waals surface area contributed by atoms with Crippen molar-refractivity contribution in [2.24, 2.45) is 0 Å². The third-order valence-electron chi connectivity index (χ3n) is 3.29. The van der Waals surface area contributed by atoms with Gasteiger partial charge >= 0.3 is 0 Å². The zero-order valence-corrected chi connectivity index (χ0v) is 11.1. The van der Waals surface area contributed by atoms with E-state index in [9.17, 15) is 4.79 Å². The van der Waals surface area contributed by atoms with Crippen LogP contribution in [0.2, 0.25) is 0 Å². The number of benzene rings is 1. The smallest absolute Gasteiger partial charge is 0.253 e. The number of aryl methyl sites for hydroxylation is 1. The van der Waals surface area contributed by atoms with E-state index in [4.69, 9.17) is 5.73 Å². The van der Waals surface area contributed by atoms with Crippen LogP contribution >= 0.6 is 11.8 Å². The molecule has 1 saturated heterocycles. The van der Waals surface area contributed by atoms with Gasteiger partial charge in [-0.3, -0.25) is 4.79 Å². The van der Waals surface area contributed by atoms with E-state index in [1.165, 1.54) is 0 Å². The van der Waals surface area contributed by atoms with Crippen molar-refractivity contribution in [2.45, 2.75) is 19.4 Å². The molecule has 1 aromatic rings. The maximum atomic E-state index is 12.3. The summed E-state index contributed by atoms with van der Waals surface area (Å²) in [6.45, 7) is 1.93. The van der Waals surface area contributed by atoms with Crippen LogP contribution in [0.4, 0.5) is 5.69 Å². The van der Waals surface area contributed by atoms with Gasteiger partial charge in [0.1, 0.15) is 0 Å². The first-order chi connectivity index (χ1) is 8.09. The Kier molecular flexibility index (Phi) is 3.62. The third-order valence-corrected chi connectivity index (χ3v) is 4.44. The molecule has 1 fully saturated rings. The first-order valence-electron chi connectivity index (χ1n) is 5.80. The van der Waals surface area contributed by atoms with Gasteiger partial charge in [-0.1, -0.05) is 0 Å². The first kappa shape index (κ1) is 12.3. The summed E-state index contributed by atoms with van der Waals surface area (Å²) < 4.78 is 0. The Hall–Kier alpha value is -1.16. The lowest BCUT2D eigenvalue weighted by Gasteiger charge is -2.24. The second-order valence-electron chi connectivity index (χ2n) is 4.50. The van der Waals surface area contributed by atoms with E-state index >= 15 is 0 Å². The van der Waals surface area contributed by atoms with Crippen LogP contribution in [0.25, 0.3) is 0 Å². The maximum Gasteiger partial charge on any atom is 0.253 e. The Morgan fingerprint density at radius 2 is 2.29 bits per heavy atom. The summed E-state index contributed by atoms with van der Waals surface area (Å²) in [7, 11) is 1.89. The van der Waals surface area contributed by atoms with Crippen LogP contribution in [0.15, 0.2) is 18.2 Å². The van der Waals surface area contributed by atoms with Gasteiger partial charge in [-0.2, -0.15) is 11.8 Å². The van der Waals surface area contributed by atoms with Gasteiger partial charge in [-0.15, -0.1) is 0 Å². The predicted octanol–water partition coefficient (Wildman–Crippen LogP) is 2.15. The average molecular weight is 250 g/mol. The van der Waals surface area contributed by atoms with Gasteiger partial charge < -0.3 is 10.6 Å². The minimum atomic E-state index is 0.0978. The highest BCUT2D eigenvalue weighted by molar-refractivity contribution is 7.99. The number of rotatable bonds is 2. The maximum absolute atomic E-state index is 12.3. The van der Waals surface area contributed by atoms with Crippen molar-refractivity contribution in [1.82, 2.24) is 4.90 Å². The number of nitrogens with zero attached hydrogens (tertiary/aromatic N) is 1. The molecule has 2 N–H and O–H groups in total. The van der Waals surface area contributed by atoms with Crippen molar-refractivity contribution in [2.75, 3.05) is 24.3 Å². The molecule has 3 nitrogen and oxygen atoms in total. The molecule has 1 aliphatic heterocycles. The Morgan fingerprint density at radius 3 is 2.88 bits per heavy atom. The van der Waals surface area contributed by atoms with E-state index in [0.29, 0.717) is 6.04 Å². The molecule has 1 amide bonds. The molecule has 1 unspecified atom stereocenters. The van der Waals surface area contributed by atoms with E-state index in [1.807, 2.05) is 42.8 Å². The van der Waals surface area contributed by atoms with Crippen LogP contribution in [0, 0.1) is 6.92 Å². The summed E-state index contributed by atoms with van der Waals surface area (Å²) in [4.78, 5) is 14.1. The SMILES string of the molecule is Cc1cc(C(=O)N(C)C2CCSC2)ccc1N. The number of anilines is 1. The second kappa shape index (κ2) is 5.00. The summed E-state index contributed by atoms with van der Waals surface area (Å²) in [6, 6.07) is 5.87. The van der Waals surface area contributed by atoms with Gasteiger partial charge in [0.2, 0.25) is 0 Å². The Morgan fingerprint density at radius 1 is 1.53 bits per heavy atom. The predicted molar refractivity (Wildman–Crippen MR) is 73.4 cm³/mol. The minimum absolute atomic E-state index is 0.0978. The summed E-state index contributed by atoms with van der Waals surface area (Å²) in [6.07, 6.45) is 1.10. The molecule has 0 aromatic heterocycles. The van der Waals surface area contributed by atoms with Crippen LogP contribution in [0.5, 0.6) is 0 Å². The van der Waals surface area contributed by atoms with Crippen molar-refractivity contribution in [3.8, 4) is 0 Å². The molecule has 0 radical (unpaired) electrons. The molecule has 1 atom stereocenters. The highest BCUT2D eigenvalue weighted by atomic mass is 32.2. The number of nitrogens with two attached hydrogens (primary N) is 1. The van der Waals surface area contributed by atoms with Crippen molar-refractivity contribution in [1.29, 1.82) is 0 Å². The largest absolute Gasteiger partial charge is 0.399 e. The van der Waals surface area contributed by atoms with Gasteiger partial charge in [0.05, 0.1) is 0 Å². The minimum Gasteiger partial charge on any atom is -0.399 e. The van der Waals surface area contributed by atoms with E-state index in [1.54, 1.807) is 6.07 Å². The lowest BCUT2D eigenvalue weighted by molar-refractivity contribution is 0.0748. The van der Waals surface area contributed by atoms with Gasteiger partial charge in [0, 0.05) is 30.1 Å². The number of hydrogen-bond donors (Lipinski definition) is 1. The average Bonchev–Trinajstić information content (AvgIpc) is 2.84. The highest BCUT2D eigenvalue weighted by Gasteiger charge is 2.24. The van der Waals surface area contributed by atoms with Crippen molar-refractivity contribution >= 4 is 23.4 Å². The standard InChI is InChI=1S/C13H18N2OS/c1-9-7-10(3-4-12(9)14)13(16)15(2)11-5-6-17-8-11/h3-4,7,11H,5-6,8,14H2,1-2H3. The molecule has 1 aliphatic rings. The number of nitrogen functional groups attached to an aromatic ring is 1. The molecule has 0 saturated carbocycles. The van der Waals surface area contributed by atoms with Crippen LogP contribution in [0.1, 0.15) is 22.3 Å². The van der Waals surface area contributed by atoms with Gasteiger partial charge in [-0.25, -0.2) is 0 Å². The third kappa shape index (κ3) is 2.57. The zero-order valence-electron chi connectivity index (χ0n) is 10.3. The molecule has 17 heavy (non-hydrogen) atoms. The monoisotopic (exact) mass is 250 g/mol. The fourth-order valence-corrected chi connectivity index (χ4v) is 3.27. The lowest BCUT2D eigenvalue weighted by atomic mass is 10.1. The second-order valence-corrected chi connectivity index (χ2v) is 5.65. The van der Waals surface area contributed by atoms with Crippen LogP contribution in [-0.4, -0.2) is 35.4 Å². The topological polar surface area (TPSA) is 46.3 Å². The van der Waals surface area contributed by atoms with Crippen LogP contribution in [0.3, 0.4) is 0 Å². The highest BCUT2D eigenvalue weighted by Crippen LogP contribution is 2.23. The Labute approximate surface area is 106 Å². The summed E-state index contributed by atoms with van der Waals surface area (Å²) in [5.41, 5.74) is 8.19. The molecule has 1 heterocycles. The molecule has 4 heteroatoms. The number of carbonyl (C=O) groups excluding carboxylic acids is 1. The molecule has 0 bridgehead atoms. The van der Waals surface area contributed by atoms with Gasteiger partial charge in [0.15, 0.2) is 0 Å². The summed E-state index contributed by atoms with van der Waals surface area (Å²) in [5.74, 6) is 2.31. The number of thioether (sulfide) groups is 1. The molecule has 0 spiro atoms. The molecule has 2 rings (SSSR count). The quantitative estimate of drug-likeness (QED) is 0.818. The Balaban J connectivity index is 2.15. The normalized spacial score (nSPS) is 19.3. The van der Waals surface area contributed by atoms with E-state index in [-0.39, 0.29) is 5.91 Å². The molecule has 1 aromatic carbocycles. The molecular formula is C13H18N2OS. The number of carbonyl (C=O) groups is 1. The van der Waals surface area contributed by atoms with Crippen LogP contribution < -0.4 is 5.73 Å². The van der Waals surface area contributed by atoms with E-state index in [2.05, 4.69) is 0 Å². The Bertz CT molecular complexity index is 427. The van der Waals surface area contributed by atoms with E-state index in [0.717, 1.165) is 34.7 Å². The first-order valence-corrected chi connectivity index (χ1v) is 6.96. The zero-order chi connectivity index (χ0) is 12.4. The van der Waals surface area contributed by atoms with E-state index < -0.39 is 0 Å². The van der Waals surface area contributed by atoms with Crippen LogP contribution in [-0.2, 0) is 0 Å². The molecule has 0 aliphatic carbocycles. The fraction of sp³-hybridized carbons (Fsp3) is 0.462. The molecular weight excluding hydrogens is 232 g/mol. The molecule has 92 valence electrons. The summed E-state index contributed by atoms with van der Waals surface area (Å²) >= 11 is 1.91. The van der Waals surface area contributed by atoms with Crippen molar-refractivity contribution in [3.05, 3.63) is 29.3 Å². The number of amides is 1. The number of hydrogen-bond acceptors (Lipinski definition) is 3. The lowest BCUT2D eigenvalue weighted by Crippen LogP contribution is -2.37. The van der Waals surface area contributed by atoms with Crippen molar-refractivity contribution in [3.63, 3.8) is 0 Å². The van der Waals surface area contributed by atoms with Crippen molar-refractivity contribution < 1.29 is 4.79 Å². The fourth-order valence-electron chi connectivity index (χ4n) is 2.01. The summed E-state index contributed by atoms with van der Waals surface area (Å²) in [5, 5.41) is 0. The van der Waals surface area contributed by atoms with Gasteiger partial charge in [0.25, 0.3) is 5.91 Å². The van der Waals surface area contributed by atoms with Gasteiger partial charge in [-0.05, 0) is 42.9 Å².